The maximum atomic E-state index is 5.88. The Morgan fingerprint density at radius 3 is 2.39 bits per heavy atom. The van der Waals surface area contributed by atoms with Crippen molar-refractivity contribution >= 4 is 7.12 Å². The van der Waals surface area contributed by atoms with Gasteiger partial charge in [-0.15, -0.1) is 0 Å². The van der Waals surface area contributed by atoms with Crippen LogP contribution in [0.1, 0.15) is 33.5 Å². The van der Waals surface area contributed by atoms with Crippen LogP contribution >= 0.6 is 0 Å². The van der Waals surface area contributed by atoms with E-state index in [1.54, 1.807) is 6.20 Å². The van der Waals surface area contributed by atoms with Crippen molar-refractivity contribution < 1.29 is 9.31 Å². The van der Waals surface area contributed by atoms with Gasteiger partial charge in [0.15, 0.2) is 0 Å². The van der Waals surface area contributed by atoms with Gasteiger partial charge in [-0.2, -0.15) is 0 Å². The molecule has 1 aliphatic heterocycles. The summed E-state index contributed by atoms with van der Waals surface area (Å²) in [6.07, 6.45) is 5.82. The largest absolute Gasteiger partial charge is 0.486 e. The molecule has 98 valence electrons. The summed E-state index contributed by atoms with van der Waals surface area (Å²) in [6.45, 7) is 11.0. The van der Waals surface area contributed by atoms with Crippen LogP contribution in [0.25, 0.3) is 0 Å². The molecular formula is C13H21BN2O2. The summed E-state index contributed by atoms with van der Waals surface area (Å²) in [4.78, 5) is 4.18. The molecule has 1 aromatic rings. The van der Waals surface area contributed by atoms with Crippen LogP contribution in [-0.4, -0.2) is 27.9 Å². The third-order valence-electron chi connectivity index (χ3n) is 3.79. The van der Waals surface area contributed by atoms with Crippen LogP contribution in [0, 0.1) is 6.92 Å². The molecule has 1 aromatic heterocycles. The maximum Gasteiger partial charge on any atom is 0.486 e. The summed E-state index contributed by atoms with van der Waals surface area (Å²) in [5.41, 5.74) is -0.542. The molecule has 5 heteroatoms. The number of hydrogen-bond donors (Lipinski definition) is 0. The van der Waals surface area contributed by atoms with Crippen LogP contribution in [0.5, 0.6) is 0 Å². The Bertz CT molecular complexity index is 436. The Balaban J connectivity index is 1.94. The quantitative estimate of drug-likeness (QED) is 0.770. The van der Waals surface area contributed by atoms with Gasteiger partial charge in [0.2, 0.25) is 0 Å². The van der Waals surface area contributed by atoms with E-state index in [1.165, 1.54) is 0 Å². The first-order valence-electron chi connectivity index (χ1n) is 6.32. The predicted octanol–water partition coefficient (Wildman–Crippen LogP) is 2.38. The number of imidazole rings is 1. The van der Waals surface area contributed by atoms with Gasteiger partial charge in [-0.25, -0.2) is 4.98 Å². The third kappa shape index (κ3) is 2.52. The normalized spacial score (nSPS) is 21.9. The minimum Gasteiger partial charge on any atom is -0.400 e. The number of nitrogens with zero attached hydrogens (tertiary/aromatic N) is 2. The first-order chi connectivity index (χ1) is 8.32. The van der Waals surface area contributed by atoms with Crippen LogP contribution in [0.15, 0.2) is 24.4 Å². The van der Waals surface area contributed by atoms with Crippen LogP contribution in [0.3, 0.4) is 0 Å². The van der Waals surface area contributed by atoms with Gasteiger partial charge in [-0.1, -0.05) is 12.1 Å². The first-order valence-corrected chi connectivity index (χ1v) is 6.32. The molecule has 1 fully saturated rings. The second-order valence-corrected chi connectivity index (χ2v) is 5.68. The highest BCUT2D eigenvalue weighted by molar-refractivity contribution is 6.51. The molecular weight excluding hydrogens is 227 g/mol. The van der Waals surface area contributed by atoms with Crippen molar-refractivity contribution in [1.82, 2.24) is 9.55 Å². The summed E-state index contributed by atoms with van der Waals surface area (Å²) in [5.74, 6) is 2.98. The van der Waals surface area contributed by atoms with Crippen molar-refractivity contribution in [1.29, 1.82) is 0 Å². The monoisotopic (exact) mass is 248 g/mol. The Hall–Kier alpha value is -1.07. The smallest absolute Gasteiger partial charge is 0.400 e. The van der Waals surface area contributed by atoms with Crippen LogP contribution in [0.2, 0.25) is 0 Å². The van der Waals surface area contributed by atoms with E-state index in [1.807, 2.05) is 19.1 Å². The van der Waals surface area contributed by atoms with E-state index < -0.39 is 0 Å². The lowest BCUT2D eigenvalue weighted by atomic mass is 9.90. The number of rotatable bonds is 3. The Morgan fingerprint density at radius 1 is 1.28 bits per heavy atom. The molecule has 0 atom stereocenters. The molecule has 0 saturated carbocycles. The molecule has 1 aliphatic rings. The summed E-state index contributed by atoms with van der Waals surface area (Å²) < 4.78 is 13.8. The van der Waals surface area contributed by atoms with E-state index in [0.717, 1.165) is 12.4 Å². The number of hydrogen-bond acceptors (Lipinski definition) is 3. The minimum absolute atomic E-state index is 0.265. The van der Waals surface area contributed by atoms with Crippen LogP contribution in [-0.2, 0) is 15.9 Å². The number of aryl methyl sites for hydroxylation is 1. The fourth-order valence-corrected chi connectivity index (χ4v) is 1.85. The first kappa shape index (κ1) is 13.4. The predicted molar refractivity (Wildman–Crippen MR) is 72.2 cm³/mol. The number of aromatic nitrogens is 2. The van der Waals surface area contributed by atoms with Crippen molar-refractivity contribution in [3.63, 3.8) is 0 Å². The van der Waals surface area contributed by atoms with E-state index >= 15 is 0 Å². The molecule has 0 aliphatic carbocycles. The Labute approximate surface area is 109 Å². The SMILES string of the molecule is Cc1nccn1CC=CB1OC(C)(C)C(C)(C)O1. The third-order valence-corrected chi connectivity index (χ3v) is 3.79. The lowest BCUT2D eigenvalue weighted by Gasteiger charge is -2.32. The summed E-state index contributed by atoms with van der Waals surface area (Å²) >= 11 is 0. The van der Waals surface area contributed by atoms with Gasteiger partial charge in [0.25, 0.3) is 0 Å². The highest BCUT2D eigenvalue weighted by atomic mass is 16.7. The van der Waals surface area contributed by atoms with Gasteiger partial charge in [0, 0.05) is 18.9 Å². The van der Waals surface area contributed by atoms with E-state index in [4.69, 9.17) is 9.31 Å². The topological polar surface area (TPSA) is 36.3 Å². The Morgan fingerprint density at radius 2 is 1.89 bits per heavy atom. The molecule has 0 amide bonds. The highest BCUT2D eigenvalue weighted by Gasteiger charge is 2.49. The van der Waals surface area contributed by atoms with Crippen molar-refractivity contribution in [3.8, 4) is 0 Å². The molecule has 1 saturated heterocycles. The van der Waals surface area contributed by atoms with Crippen LogP contribution in [0.4, 0.5) is 0 Å². The van der Waals surface area contributed by atoms with E-state index in [9.17, 15) is 0 Å². The molecule has 0 radical (unpaired) electrons. The summed E-state index contributed by atoms with van der Waals surface area (Å²) in [7, 11) is -0.265. The average Bonchev–Trinajstić information content (AvgIpc) is 2.70. The average molecular weight is 248 g/mol. The lowest BCUT2D eigenvalue weighted by Crippen LogP contribution is -2.41. The van der Waals surface area contributed by atoms with Gasteiger partial charge in [-0.3, -0.25) is 0 Å². The van der Waals surface area contributed by atoms with Gasteiger partial charge in [0.1, 0.15) is 5.82 Å². The maximum absolute atomic E-state index is 5.88. The molecule has 0 bridgehead atoms. The summed E-state index contributed by atoms with van der Waals surface area (Å²) in [6, 6.07) is 0. The molecule has 0 aromatic carbocycles. The number of allylic oxidation sites excluding steroid dienone is 1. The van der Waals surface area contributed by atoms with E-state index in [0.29, 0.717) is 0 Å². The zero-order chi connectivity index (χ0) is 13.4. The molecule has 2 rings (SSSR count). The van der Waals surface area contributed by atoms with Crippen molar-refractivity contribution in [2.45, 2.75) is 52.4 Å². The van der Waals surface area contributed by atoms with Gasteiger partial charge in [0.05, 0.1) is 11.2 Å². The Kier molecular flexibility index (Phi) is 3.38. The summed E-state index contributed by atoms with van der Waals surface area (Å²) in [5, 5.41) is 0. The molecule has 2 heterocycles. The molecule has 0 spiro atoms. The van der Waals surface area contributed by atoms with E-state index in [-0.39, 0.29) is 18.3 Å². The lowest BCUT2D eigenvalue weighted by molar-refractivity contribution is 0.00578. The molecule has 0 unspecified atom stereocenters. The second-order valence-electron chi connectivity index (χ2n) is 5.68. The fraction of sp³-hybridized carbons (Fsp3) is 0.615. The van der Waals surface area contributed by atoms with Crippen molar-refractivity contribution in [3.05, 3.63) is 30.3 Å². The van der Waals surface area contributed by atoms with Crippen LogP contribution < -0.4 is 0 Å². The second kappa shape index (κ2) is 4.55. The molecule has 4 nitrogen and oxygen atoms in total. The van der Waals surface area contributed by atoms with Gasteiger partial charge < -0.3 is 13.9 Å². The zero-order valence-electron chi connectivity index (χ0n) is 11.8. The van der Waals surface area contributed by atoms with Gasteiger partial charge >= 0.3 is 7.12 Å². The van der Waals surface area contributed by atoms with Crippen molar-refractivity contribution in [2.75, 3.05) is 0 Å². The standard InChI is InChI=1S/C13H21BN2O2/c1-11-15-8-10-16(11)9-6-7-14-17-12(2,3)13(4,5)18-14/h6-8,10H,9H2,1-5H3. The minimum atomic E-state index is -0.271. The molecule has 18 heavy (non-hydrogen) atoms. The highest BCUT2D eigenvalue weighted by Crippen LogP contribution is 2.36. The van der Waals surface area contributed by atoms with E-state index in [2.05, 4.69) is 43.3 Å². The molecule has 0 N–H and O–H groups in total. The van der Waals surface area contributed by atoms with Crippen molar-refractivity contribution in [2.24, 2.45) is 0 Å². The zero-order valence-corrected chi connectivity index (χ0v) is 11.8. The fourth-order valence-electron chi connectivity index (χ4n) is 1.85. The van der Waals surface area contributed by atoms with Gasteiger partial charge in [-0.05, 0) is 34.6 Å².